The maximum atomic E-state index is 11.6. The normalized spacial score (nSPS) is 16.9. The third-order valence-electron chi connectivity index (χ3n) is 2.59. The molecule has 0 atom stereocenters. The zero-order chi connectivity index (χ0) is 11.3. The zero-order valence-electron chi connectivity index (χ0n) is 9.49. The predicted molar refractivity (Wildman–Crippen MR) is 56.5 cm³/mol. The van der Waals surface area contributed by atoms with Crippen molar-refractivity contribution in [2.75, 3.05) is 26.3 Å². The molecular weight excluding hydrogens is 194 g/mol. The van der Waals surface area contributed by atoms with Crippen molar-refractivity contribution in [1.82, 2.24) is 4.90 Å². The van der Waals surface area contributed by atoms with Crippen molar-refractivity contribution in [3.63, 3.8) is 0 Å². The number of carbonyl (C=O) groups excluding carboxylic acids is 2. The van der Waals surface area contributed by atoms with Crippen LogP contribution in [-0.4, -0.2) is 42.9 Å². The highest BCUT2D eigenvalue weighted by atomic mass is 16.5. The van der Waals surface area contributed by atoms with Crippen LogP contribution in [0, 0.1) is 5.92 Å². The van der Waals surface area contributed by atoms with Crippen LogP contribution in [0.4, 0.5) is 0 Å². The minimum absolute atomic E-state index is 0.0301. The van der Waals surface area contributed by atoms with E-state index >= 15 is 0 Å². The minimum atomic E-state index is 0.0301. The lowest BCUT2D eigenvalue weighted by molar-refractivity contribution is -0.137. The summed E-state index contributed by atoms with van der Waals surface area (Å²) in [6.45, 7) is 6.28. The number of amides is 1. The summed E-state index contributed by atoms with van der Waals surface area (Å²) in [7, 11) is 0. The highest BCUT2D eigenvalue weighted by molar-refractivity contribution is 5.86. The summed E-state index contributed by atoms with van der Waals surface area (Å²) in [5.74, 6) is 0.270. The predicted octanol–water partition coefficient (Wildman–Crippen LogP) is 0.851. The third-order valence-corrected chi connectivity index (χ3v) is 2.59. The van der Waals surface area contributed by atoms with E-state index in [9.17, 15) is 9.59 Å². The van der Waals surface area contributed by atoms with Crippen molar-refractivity contribution in [2.45, 2.75) is 26.7 Å². The lowest BCUT2D eigenvalue weighted by atomic mass is 10.0. The number of hydrogen-bond acceptors (Lipinski definition) is 3. The molecule has 4 nitrogen and oxygen atoms in total. The van der Waals surface area contributed by atoms with Crippen LogP contribution in [0.15, 0.2) is 0 Å². The van der Waals surface area contributed by atoms with E-state index in [0.29, 0.717) is 39.1 Å². The highest BCUT2D eigenvalue weighted by Gasteiger charge is 2.18. The first kappa shape index (κ1) is 12.2. The van der Waals surface area contributed by atoms with E-state index in [4.69, 9.17) is 4.74 Å². The molecule has 0 bridgehead atoms. The van der Waals surface area contributed by atoms with Crippen LogP contribution in [0.25, 0.3) is 0 Å². The van der Waals surface area contributed by atoms with E-state index in [-0.39, 0.29) is 17.6 Å². The average Bonchev–Trinajstić information content (AvgIpc) is 2.26. The average molecular weight is 213 g/mol. The van der Waals surface area contributed by atoms with E-state index in [1.165, 1.54) is 0 Å². The molecule has 1 rings (SSSR count). The number of carbonyl (C=O) groups is 2. The van der Waals surface area contributed by atoms with Crippen molar-refractivity contribution in [3.05, 3.63) is 0 Å². The van der Waals surface area contributed by atoms with Gasteiger partial charge in [0.15, 0.2) is 0 Å². The standard InChI is InChI=1S/C11H19NO3/c1-9(2)10(13)3-4-11(14)12-5-7-15-8-6-12/h9H,3-8H2,1-2H3. The molecule has 0 aromatic rings. The Hall–Kier alpha value is -0.900. The Balaban J connectivity index is 2.26. The Kier molecular flexibility index (Phi) is 4.75. The van der Waals surface area contributed by atoms with Gasteiger partial charge in [-0.15, -0.1) is 0 Å². The molecule has 0 N–H and O–H groups in total. The maximum absolute atomic E-state index is 11.6. The third kappa shape index (κ3) is 4.00. The SMILES string of the molecule is CC(C)C(=O)CCC(=O)N1CCOCC1. The summed E-state index contributed by atoms with van der Waals surface area (Å²) in [5.41, 5.74) is 0. The number of ketones is 1. The molecule has 15 heavy (non-hydrogen) atoms. The maximum Gasteiger partial charge on any atom is 0.223 e. The molecule has 0 aromatic carbocycles. The summed E-state index contributed by atoms with van der Waals surface area (Å²) in [6, 6.07) is 0. The van der Waals surface area contributed by atoms with Gasteiger partial charge in [0.1, 0.15) is 5.78 Å². The van der Waals surface area contributed by atoms with Crippen molar-refractivity contribution in [1.29, 1.82) is 0 Å². The lowest BCUT2D eigenvalue weighted by Gasteiger charge is -2.26. The molecule has 0 unspecified atom stereocenters. The van der Waals surface area contributed by atoms with Gasteiger partial charge >= 0.3 is 0 Å². The summed E-state index contributed by atoms with van der Waals surface area (Å²) in [5, 5.41) is 0. The second-order valence-electron chi connectivity index (χ2n) is 4.11. The van der Waals surface area contributed by atoms with Gasteiger partial charge in [0.2, 0.25) is 5.91 Å². The van der Waals surface area contributed by atoms with Gasteiger partial charge in [-0.2, -0.15) is 0 Å². The van der Waals surface area contributed by atoms with Crippen LogP contribution in [0.1, 0.15) is 26.7 Å². The number of nitrogens with zero attached hydrogens (tertiary/aromatic N) is 1. The molecule has 0 aromatic heterocycles. The first-order chi connectivity index (χ1) is 7.11. The highest BCUT2D eigenvalue weighted by Crippen LogP contribution is 2.06. The van der Waals surface area contributed by atoms with Gasteiger partial charge in [-0.3, -0.25) is 9.59 Å². The number of morpholine rings is 1. The fourth-order valence-corrected chi connectivity index (χ4v) is 1.49. The van der Waals surface area contributed by atoms with Gasteiger partial charge in [0, 0.05) is 31.8 Å². The van der Waals surface area contributed by atoms with E-state index in [0.717, 1.165) is 0 Å². The topological polar surface area (TPSA) is 46.6 Å². The fourth-order valence-electron chi connectivity index (χ4n) is 1.49. The number of rotatable bonds is 4. The Bertz CT molecular complexity index is 232. The fraction of sp³-hybridized carbons (Fsp3) is 0.818. The van der Waals surface area contributed by atoms with Crippen molar-refractivity contribution >= 4 is 11.7 Å². The molecule has 1 aliphatic rings. The number of Topliss-reactive ketones (excluding diaryl/α,β-unsaturated/α-hetero) is 1. The summed E-state index contributed by atoms with van der Waals surface area (Å²) >= 11 is 0. The molecule has 1 aliphatic heterocycles. The summed E-state index contributed by atoms with van der Waals surface area (Å²) in [4.78, 5) is 24.8. The number of ether oxygens (including phenoxy) is 1. The summed E-state index contributed by atoms with van der Waals surface area (Å²) in [6.07, 6.45) is 0.713. The Morgan fingerprint density at radius 2 is 1.80 bits per heavy atom. The van der Waals surface area contributed by atoms with E-state index in [2.05, 4.69) is 0 Å². The smallest absolute Gasteiger partial charge is 0.223 e. The molecule has 0 spiro atoms. The van der Waals surface area contributed by atoms with Gasteiger partial charge in [-0.25, -0.2) is 0 Å². The second-order valence-corrected chi connectivity index (χ2v) is 4.11. The van der Waals surface area contributed by atoms with E-state index in [1.54, 1.807) is 4.90 Å². The van der Waals surface area contributed by atoms with Crippen molar-refractivity contribution < 1.29 is 14.3 Å². The molecule has 0 saturated carbocycles. The molecule has 86 valence electrons. The van der Waals surface area contributed by atoms with Gasteiger partial charge in [0.05, 0.1) is 13.2 Å². The monoisotopic (exact) mass is 213 g/mol. The minimum Gasteiger partial charge on any atom is -0.378 e. The molecule has 0 radical (unpaired) electrons. The molecule has 4 heteroatoms. The van der Waals surface area contributed by atoms with Gasteiger partial charge in [-0.05, 0) is 0 Å². The van der Waals surface area contributed by atoms with E-state index < -0.39 is 0 Å². The quantitative estimate of drug-likeness (QED) is 0.695. The molecule has 1 amide bonds. The molecule has 1 saturated heterocycles. The van der Waals surface area contributed by atoms with Gasteiger partial charge < -0.3 is 9.64 Å². The second kappa shape index (κ2) is 5.85. The van der Waals surface area contributed by atoms with Crippen LogP contribution >= 0.6 is 0 Å². The Morgan fingerprint density at radius 1 is 1.20 bits per heavy atom. The first-order valence-corrected chi connectivity index (χ1v) is 5.49. The van der Waals surface area contributed by atoms with E-state index in [1.807, 2.05) is 13.8 Å². The van der Waals surface area contributed by atoms with Crippen LogP contribution < -0.4 is 0 Å². The molecule has 1 heterocycles. The largest absolute Gasteiger partial charge is 0.378 e. The van der Waals surface area contributed by atoms with Crippen LogP contribution in [0.3, 0.4) is 0 Å². The molecular formula is C11H19NO3. The molecule has 1 fully saturated rings. The molecule has 0 aliphatic carbocycles. The van der Waals surface area contributed by atoms with Crippen LogP contribution in [0.5, 0.6) is 0 Å². The lowest BCUT2D eigenvalue weighted by Crippen LogP contribution is -2.40. The van der Waals surface area contributed by atoms with Crippen LogP contribution in [0.2, 0.25) is 0 Å². The zero-order valence-corrected chi connectivity index (χ0v) is 9.49. The van der Waals surface area contributed by atoms with Gasteiger partial charge in [-0.1, -0.05) is 13.8 Å². The van der Waals surface area contributed by atoms with Crippen molar-refractivity contribution in [2.24, 2.45) is 5.92 Å². The Labute approximate surface area is 90.6 Å². The Morgan fingerprint density at radius 3 is 2.33 bits per heavy atom. The summed E-state index contributed by atoms with van der Waals surface area (Å²) < 4.78 is 5.15. The number of hydrogen-bond donors (Lipinski definition) is 0. The first-order valence-electron chi connectivity index (χ1n) is 5.49. The van der Waals surface area contributed by atoms with Crippen LogP contribution in [-0.2, 0) is 14.3 Å². The van der Waals surface area contributed by atoms with Gasteiger partial charge in [0.25, 0.3) is 0 Å². The van der Waals surface area contributed by atoms with Crippen molar-refractivity contribution in [3.8, 4) is 0 Å².